The fraction of sp³-hybridized carbons (Fsp3) is 0.536. The van der Waals surface area contributed by atoms with E-state index in [0.717, 1.165) is 22.9 Å². The fourth-order valence-electron chi connectivity index (χ4n) is 3.80. The van der Waals surface area contributed by atoms with Gasteiger partial charge in [-0.05, 0) is 74.1 Å². The van der Waals surface area contributed by atoms with E-state index in [1.54, 1.807) is 19.1 Å². The number of benzene rings is 2. The van der Waals surface area contributed by atoms with Gasteiger partial charge in [0.05, 0.1) is 24.0 Å². The van der Waals surface area contributed by atoms with Crippen LogP contribution >= 0.6 is 0 Å². The first-order valence-electron chi connectivity index (χ1n) is 12.8. The zero-order chi connectivity index (χ0) is 29.1. The summed E-state index contributed by atoms with van der Waals surface area (Å²) in [5.74, 6) is -1.56. The third kappa shape index (κ3) is 9.11. The Balaban J connectivity index is 2.30. The third-order valence-electron chi connectivity index (χ3n) is 7.19. The molecule has 0 aliphatic heterocycles. The minimum atomic E-state index is -3.57. The third-order valence-corrected chi connectivity index (χ3v) is 12.3. The molecule has 0 bridgehead atoms. The molecule has 10 heteroatoms. The highest BCUT2D eigenvalue weighted by Crippen LogP contribution is 2.40. The average molecular weight is 565 g/mol. The number of aromatic hydroxyl groups is 1. The minimum absolute atomic E-state index is 0.0413. The molecule has 0 heterocycles. The summed E-state index contributed by atoms with van der Waals surface area (Å²) < 4.78 is 32.8. The van der Waals surface area contributed by atoms with Gasteiger partial charge in [-0.2, -0.15) is 0 Å². The number of phenols is 1. The molecule has 0 aliphatic carbocycles. The van der Waals surface area contributed by atoms with Crippen LogP contribution in [0.2, 0.25) is 18.1 Å². The van der Waals surface area contributed by atoms with Crippen LogP contribution in [0.5, 0.6) is 5.75 Å². The van der Waals surface area contributed by atoms with Gasteiger partial charge in [0.1, 0.15) is 5.75 Å². The zero-order valence-electron chi connectivity index (χ0n) is 24.0. The molecule has 0 saturated heterocycles. The lowest BCUT2D eigenvalue weighted by molar-refractivity contribution is -0.138. The number of carboxylic acid groups (broad SMARTS) is 1. The Morgan fingerprint density at radius 2 is 1.58 bits per heavy atom. The number of phenolic OH excluding ortho intramolecular Hbond substituents is 1. The number of carbonyl (C=O) groups is 1. The summed E-state index contributed by atoms with van der Waals surface area (Å²) in [6.45, 7) is 17.2. The molecule has 1 unspecified atom stereocenters. The first kappa shape index (κ1) is 31.8. The van der Waals surface area contributed by atoms with Crippen molar-refractivity contribution in [2.75, 3.05) is 17.5 Å². The van der Waals surface area contributed by atoms with Crippen LogP contribution in [0.3, 0.4) is 0 Å². The van der Waals surface area contributed by atoms with Crippen LogP contribution in [0.1, 0.15) is 70.3 Å². The van der Waals surface area contributed by atoms with Crippen molar-refractivity contribution in [2.45, 2.75) is 83.7 Å². The largest absolute Gasteiger partial charge is 0.506 e. The molecule has 2 atom stereocenters. The van der Waals surface area contributed by atoms with E-state index in [-0.39, 0.29) is 28.1 Å². The highest BCUT2D eigenvalue weighted by molar-refractivity contribution is 7.92. The summed E-state index contributed by atoms with van der Waals surface area (Å²) in [4.78, 5) is 11.3. The van der Waals surface area contributed by atoms with Crippen LogP contribution in [0.15, 0.2) is 42.5 Å². The van der Waals surface area contributed by atoms with Crippen LogP contribution in [-0.4, -0.2) is 51.3 Å². The van der Waals surface area contributed by atoms with E-state index in [1.807, 2.05) is 24.3 Å². The number of sulfonamides is 1. The maximum atomic E-state index is 11.8. The molecule has 0 saturated carbocycles. The van der Waals surface area contributed by atoms with Gasteiger partial charge in [-0.3, -0.25) is 9.52 Å². The molecule has 2 aromatic rings. The molecule has 4 N–H and O–H groups in total. The van der Waals surface area contributed by atoms with E-state index >= 15 is 0 Å². The second kappa shape index (κ2) is 11.8. The van der Waals surface area contributed by atoms with Crippen molar-refractivity contribution in [3.05, 3.63) is 59.2 Å². The average Bonchev–Trinajstić information content (AvgIpc) is 2.76. The predicted molar refractivity (Wildman–Crippen MR) is 156 cm³/mol. The molecular weight excluding hydrogens is 520 g/mol. The smallest absolute Gasteiger partial charge is 0.310 e. The SMILES string of the molecule is CC(C(=O)O)c1ccc(CC(C)(C)NC[C@H](O[Si](C)(C)C(C)(C)C)c2ccc(O)c(NS(C)(=O)=O)c2)cc1. The van der Waals surface area contributed by atoms with Crippen molar-refractivity contribution in [2.24, 2.45) is 0 Å². The van der Waals surface area contributed by atoms with Crippen molar-refractivity contribution in [1.29, 1.82) is 0 Å². The highest BCUT2D eigenvalue weighted by atomic mass is 32.2. The zero-order valence-corrected chi connectivity index (χ0v) is 25.9. The highest BCUT2D eigenvalue weighted by Gasteiger charge is 2.40. The molecule has 0 radical (unpaired) electrons. The van der Waals surface area contributed by atoms with E-state index < -0.39 is 30.2 Å². The van der Waals surface area contributed by atoms with Gasteiger partial charge < -0.3 is 20.0 Å². The Morgan fingerprint density at radius 3 is 2.08 bits per heavy atom. The van der Waals surface area contributed by atoms with Crippen LogP contribution in [0.25, 0.3) is 0 Å². The summed E-state index contributed by atoms with van der Waals surface area (Å²) in [6, 6.07) is 12.5. The Kier molecular flexibility index (Phi) is 9.85. The second-order valence-corrected chi connectivity index (χ2v) is 18.8. The van der Waals surface area contributed by atoms with Crippen molar-refractivity contribution < 1.29 is 27.9 Å². The van der Waals surface area contributed by atoms with E-state index in [1.165, 1.54) is 6.07 Å². The van der Waals surface area contributed by atoms with E-state index in [2.05, 4.69) is 57.8 Å². The van der Waals surface area contributed by atoms with Gasteiger partial charge in [0.25, 0.3) is 0 Å². The van der Waals surface area contributed by atoms with Gasteiger partial charge in [-0.1, -0.05) is 51.1 Å². The molecule has 0 aromatic heterocycles. The maximum Gasteiger partial charge on any atom is 0.310 e. The van der Waals surface area contributed by atoms with Crippen molar-refractivity contribution in [3.8, 4) is 5.75 Å². The van der Waals surface area contributed by atoms with Crippen LogP contribution in [-0.2, 0) is 25.7 Å². The van der Waals surface area contributed by atoms with E-state index in [0.29, 0.717) is 13.0 Å². The number of nitrogens with one attached hydrogen (secondary N) is 2. The lowest BCUT2D eigenvalue weighted by Gasteiger charge is -2.40. The van der Waals surface area contributed by atoms with Crippen LogP contribution < -0.4 is 10.0 Å². The monoisotopic (exact) mass is 564 g/mol. The van der Waals surface area contributed by atoms with Crippen molar-refractivity contribution in [1.82, 2.24) is 5.32 Å². The Morgan fingerprint density at radius 1 is 1.03 bits per heavy atom. The van der Waals surface area contributed by atoms with Crippen molar-refractivity contribution in [3.63, 3.8) is 0 Å². The quantitative estimate of drug-likeness (QED) is 0.195. The fourth-order valence-corrected chi connectivity index (χ4v) is 5.65. The molecule has 2 aromatic carbocycles. The Hall–Kier alpha value is -2.40. The molecule has 0 aliphatic rings. The Labute approximate surface area is 229 Å². The number of hydrogen-bond acceptors (Lipinski definition) is 6. The van der Waals surface area contributed by atoms with Crippen LogP contribution in [0, 0.1) is 0 Å². The molecule has 8 nitrogen and oxygen atoms in total. The maximum absolute atomic E-state index is 11.8. The summed E-state index contributed by atoms with van der Waals surface area (Å²) in [7, 11) is -5.79. The first-order valence-corrected chi connectivity index (χ1v) is 17.6. The summed E-state index contributed by atoms with van der Waals surface area (Å²) in [6.07, 6.45) is 1.37. The first-order chi connectivity index (χ1) is 17.2. The number of aliphatic carboxylic acids is 1. The summed E-state index contributed by atoms with van der Waals surface area (Å²) >= 11 is 0. The second-order valence-electron chi connectivity index (χ2n) is 12.3. The number of rotatable bonds is 12. The molecule has 0 fully saturated rings. The molecular formula is C28H44N2O6SSi. The molecule has 212 valence electrons. The van der Waals surface area contributed by atoms with Gasteiger partial charge in [0, 0.05) is 12.1 Å². The van der Waals surface area contributed by atoms with Crippen LogP contribution in [0.4, 0.5) is 5.69 Å². The molecule has 38 heavy (non-hydrogen) atoms. The molecule has 0 amide bonds. The van der Waals surface area contributed by atoms with Gasteiger partial charge in [-0.15, -0.1) is 0 Å². The minimum Gasteiger partial charge on any atom is -0.506 e. The van der Waals surface area contributed by atoms with Gasteiger partial charge in [0.15, 0.2) is 8.32 Å². The number of anilines is 1. The topological polar surface area (TPSA) is 125 Å². The van der Waals surface area contributed by atoms with Gasteiger partial charge >= 0.3 is 5.97 Å². The summed E-state index contributed by atoms with van der Waals surface area (Å²) in [5.41, 5.74) is 2.40. The number of hydrogen-bond donors (Lipinski definition) is 4. The lowest BCUT2D eigenvalue weighted by Crippen LogP contribution is -2.47. The molecule has 2 rings (SSSR count). The van der Waals surface area contributed by atoms with E-state index in [4.69, 9.17) is 4.43 Å². The van der Waals surface area contributed by atoms with Gasteiger partial charge in [0.2, 0.25) is 10.0 Å². The predicted octanol–water partition coefficient (Wildman–Crippen LogP) is 5.63. The molecule has 0 spiro atoms. The standard InChI is InChI=1S/C28H44N2O6SSi/c1-19(26(32)33)21-12-10-20(11-13-21)17-28(5,6)29-18-25(36-38(8,9)27(2,3)4)22-14-15-24(31)23(16-22)30-37(7,34)35/h10-16,19,25,29-31H,17-18H2,1-9H3,(H,32,33)/t19?,25-/m0/s1. The Bertz CT molecular complexity index is 1220. The van der Waals surface area contributed by atoms with Gasteiger partial charge in [-0.25, -0.2) is 8.42 Å². The van der Waals surface area contributed by atoms with E-state index in [9.17, 15) is 23.4 Å². The normalized spacial score (nSPS) is 14.7. The summed E-state index contributed by atoms with van der Waals surface area (Å²) in [5, 5.41) is 23.1. The number of carboxylic acids is 1. The lowest BCUT2D eigenvalue weighted by atomic mass is 9.92. The van der Waals surface area contributed by atoms with Crippen molar-refractivity contribution >= 4 is 30.0 Å².